The van der Waals surface area contributed by atoms with Gasteiger partial charge in [0.2, 0.25) is 11.8 Å². The van der Waals surface area contributed by atoms with Crippen LogP contribution in [0.15, 0.2) is 24.3 Å². The first-order chi connectivity index (χ1) is 9.63. The molecule has 5 nitrogen and oxygen atoms in total. The summed E-state index contributed by atoms with van der Waals surface area (Å²) in [6.45, 7) is 1.90. The summed E-state index contributed by atoms with van der Waals surface area (Å²) >= 11 is 0. The van der Waals surface area contributed by atoms with E-state index in [4.69, 9.17) is 5.73 Å². The molecular weight excluding hydrogens is 254 g/mol. The molecule has 0 atom stereocenters. The average molecular weight is 273 g/mol. The molecule has 5 heteroatoms. The highest BCUT2D eigenvalue weighted by molar-refractivity contribution is 5.93. The first-order valence-electron chi connectivity index (χ1n) is 7.04. The third-order valence-corrected chi connectivity index (χ3v) is 4.00. The maximum atomic E-state index is 11.9. The van der Waals surface area contributed by atoms with E-state index < -0.39 is 5.91 Å². The first-order valence-corrected chi connectivity index (χ1v) is 7.04. The topological polar surface area (TPSA) is 75.4 Å². The molecule has 0 radical (unpaired) electrons. The summed E-state index contributed by atoms with van der Waals surface area (Å²) in [6.07, 6.45) is 2.38. The van der Waals surface area contributed by atoms with Gasteiger partial charge in [0.15, 0.2) is 0 Å². The number of nitrogens with one attached hydrogen (secondary N) is 1. The fourth-order valence-electron chi connectivity index (χ4n) is 2.47. The lowest BCUT2D eigenvalue weighted by Crippen LogP contribution is -2.51. The van der Waals surface area contributed by atoms with Crippen LogP contribution in [0.1, 0.15) is 34.7 Å². The molecule has 1 saturated carbocycles. The smallest absolute Gasteiger partial charge is 0.248 e. The van der Waals surface area contributed by atoms with Gasteiger partial charge in [0.05, 0.1) is 6.54 Å². The van der Waals surface area contributed by atoms with Gasteiger partial charge >= 0.3 is 0 Å². The summed E-state index contributed by atoms with van der Waals surface area (Å²) < 4.78 is 0. The van der Waals surface area contributed by atoms with E-state index in [2.05, 4.69) is 5.32 Å². The molecule has 1 saturated heterocycles. The number of nitrogens with zero attached hydrogens (tertiary/aromatic N) is 1. The molecule has 0 spiro atoms. The van der Waals surface area contributed by atoms with Crippen LogP contribution in [0.3, 0.4) is 0 Å². The van der Waals surface area contributed by atoms with E-state index in [1.165, 1.54) is 12.8 Å². The Bertz CT molecular complexity index is 534. The van der Waals surface area contributed by atoms with Crippen LogP contribution < -0.4 is 11.1 Å². The van der Waals surface area contributed by atoms with Gasteiger partial charge in [-0.2, -0.15) is 0 Å². The number of carbonyl (C=O) groups is 2. The van der Waals surface area contributed by atoms with Crippen molar-refractivity contribution in [2.75, 3.05) is 19.6 Å². The first kappa shape index (κ1) is 13.1. The Kier molecular flexibility index (Phi) is 3.44. The van der Waals surface area contributed by atoms with Crippen LogP contribution in [0.4, 0.5) is 0 Å². The van der Waals surface area contributed by atoms with Crippen molar-refractivity contribution in [3.8, 4) is 0 Å². The summed E-state index contributed by atoms with van der Waals surface area (Å²) in [5.74, 6) is 0.0751. The Labute approximate surface area is 118 Å². The number of primary amides is 1. The summed E-state index contributed by atoms with van der Waals surface area (Å²) in [6, 6.07) is 7.93. The summed E-state index contributed by atoms with van der Waals surface area (Å²) in [4.78, 5) is 24.9. The van der Waals surface area contributed by atoms with Crippen LogP contribution in [-0.4, -0.2) is 42.4 Å². The predicted octanol–water partition coefficient (Wildman–Crippen LogP) is 0.463. The van der Waals surface area contributed by atoms with E-state index >= 15 is 0 Å². The van der Waals surface area contributed by atoms with Crippen LogP contribution in [0.5, 0.6) is 0 Å². The standard InChI is InChI=1S/C15H19N3O2/c16-15(20)11-3-1-2-10(6-11)12-8-18(9-12)14(19)7-17-13-4-5-13/h1-3,6,12-13,17H,4-5,7-9H2,(H2,16,20). The number of amides is 2. The van der Waals surface area contributed by atoms with E-state index in [-0.39, 0.29) is 5.91 Å². The number of benzene rings is 1. The minimum atomic E-state index is -0.410. The van der Waals surface area contributed by atoms with Gasteiger partial charge in [-0.1, -0.05) is 12.1 Å². The van der Waals surface area contributed by atoms with Crippen molar-refractivity contribution in [2.45, 2.75) is 24.8 Å². The Morgan fingerprint density at radius 3 is 2.70 bits per heavy atom. The Morgan fingerprint density at radius 1 is 1.30 bits per heavy atom. The number of hydrogen-bond donors (Lipinski definition) is 2. The van der Waals surface area contributed by atoms with E-state index in [0.717, 1.165) is 18.7 Å². The van der Waals surface area contributed by atoms with Gasteiger partial charge in [0.1, 0.15) is 0 Å². The number of likely N-dealkylation sites (tertiary alicyclic amines) is 1. The number of rotatable bonds is 5. The van der Waals surface area contributed by atoms with Gasteiger partial charge in [-0.05, 0) is 30.5 Å². The molecule has 3 rings (SSSR count). The van der Waals surface area contributed by atoms with E-state index in [1.807, 2.05) is 23.1 Å². The molecule has 106 valence electrons. The average Bonchev–Trinajstić information content (AvgIpc) is 3.19. The molecule has 0 unspecified atom stereocenters. The lowest BCUT2D eigenvalue weighted by atomic mass is 9.90. The molecule has 1 heterocycles. The Hall–Kier alpha value is -1.88. The van der Waals surface area contributed by atoms with Crippen molar-refractivity contribution in [2.24, 2.45) is 5.73 Å². The van der Waals surface area contributed by atoms with E-state index in [0.29, 0.717) is 24.1 Å². The number of hydrogen-bond acceptors (Lipinski definition) is 3. The maximum absolute atomic E-state index is 11.9. The quantitative estimate of drug-likeness (QED) is 0.818. The highest BCUT2D eigenvalue weighted by Gasteiger charge is 2.32. The van der Waals surface area contributed by atoms with Gasteiger partial charge in [0.25, 0.3) is 0 Å². The second kappa shape index (κ2) is 5.25. The highest BCUT2D eigenvalue weighted by Crippen LogP contribution is 2.27. The highest BCUT2D eigenvalue weighted by atomic mass is 16.2. The zero-order valence-electron chi connectivity index (χ0n) is 11.3. The van der Waals surface area contributed by atoms with Crippen molar-refractivity contribution >= 4 is 11.8 Å². The van der Waals surface area contributed by atoms with Crippen LogP contribution in [0.2, 0.25) is 0 Å². The SMILES string of the molecule is NC(=O)c1cccc(C2CN(C(=O)CNC3CC3)C2)c1. The van der Waals surface area contributed by atoms with Gasteiger partial charge in [-0.15, -0.1) is 0 Å². The number of nitrogens with two attached hydrogens (primary N) is 1. The molecule has 1 aromatic rings. The fourth-order valence-corrected chi connectivity index (χ4v) is 2.47. The molecule has 0 aromatic heterocycles. The third-order valence-electron chi connectivity index (χ3n) is 4.00. The molecule has 0 bridgehead atoms. The van der Waals surface area contributed by atoms with Crippen molar-refractivity contribution in [3.63, 3.8) is 0 Å². The lowest BCUT2D eigenvalue weighted by Gasteiger charge is -2.39. The van der Waals surface area contributed by atoms with Crippen LogP contribution in [0.25, 0.3) is 0 Å². The second-order valence-electron chi connectivity index (χ2n) is 5.64. The summed E-state index contributed by atoms with van der Waals surface area (Å²) in [5.41, 5.74) is 6.89. The number of carbonyl (C=O) groups excluding carboxylic acids is 2. The molecule has 2 amide bonds. The van der Waals surface area contributed by atoms with Crippen molar-refractivity contribution in [1.29, 1.82) is 0 Å². The lowest BCUT2D eigenvalue weighted by molar-refractivity contribution is -0.134. The van der Waals surface area contributed by atoms with Gasteiger partial charge < -0.3 is 16.0 Å². The van der Waals surface area contributed by atoms with E-state index in [1.54, 1.807) is 6.07 Å². The molecule has 20 heavy (non-hydrogen) atoms. The Morgan fingerprint density at radius 2 is 2.05 bits per heavy atom. The second-order valence-corrected chi connectivity index (χ2v) is 5.64. The molecule has 2 fully saturated rings. The molecule has 3 N–H and O–H groups in total. The van der Waals surface area contributed by atoms with Crippen LogP contribution >= 0.6 is 0 Å². The third kappa shape index (κ3) is 2.82. The monoisotopic (exact) mass is 273 g/mol. The van der Waals surface area contributed by atoms with Crippen LogP contribution in [0, 0.1) is 0 Å². The van der Waals surface area contributed by atoms with Gasteiger partial charge in [0, 0.05) is 30.6 Å². The Balaban J connectivity index is 1.52. The minimum absolute atomic E-state index is 0.166. The minimum Gasteiger partial charge on any atom is -0.366 e. The molecule has 1 aliphatic carbocycles. The van der Waals surface area contributed by atoms with Crippen LogP contribution in [-0.2, 0) is 4.79 Å². The normalized spacial score (nSPS) is 18.7. The molecule has 2 aliphatic rings. The maximum Gasteiger partial charge on any atom is 0.248 e. The summed E-state index contributed by atoms with van der Waals surface area (Å²) in [7, 11) is 0. The molecule has 1 aliphatic heterocycles. The van der Waals surface area contributed by atoms with Crippen molar-refractivity contribution < 1.29 is 9.59 Å². The molecular formula is C15H19N3O2. The van der Waals surface area contributed by atoms with E-state index in [9.17, 15) is 9.59 Å². The zero-order valence-corrected chi connectivity index (χ0v) is 11.3. The van der Waals surface area contributed by atoms with Gasteiger partial charge in [-0.3, -0.25) is 9.59 Å². The molecule has 1 aromatic carbocycles. The fraction of sp³-hybridized carbons (Fsp3) is 0.467. The van der Waals surface area contributed by atoms with Crippen molar-refractivity contribution in [3.05, 3.63) is 35.4 Å². The zero-order chi connectivity index (χ0) is 14.1. The van der Waals surface area contributed by atoms with Crippen molar-refractivity contribution in [1.82, 2.24) is 10.2 Å². The van der Waals surface area contributed by atoms with Gasteiger partial charge in [-0.25, -0.2) is 0 Å². The predicted molar refractivity (Wildman–Crippen MR) is 75.3 cm³/mol. The summed E-state index contributed by atoms with van der Waals surface area (Å²) in [5, 5.41) is 3.23. The largest absolute Gasteiger partial charge is 0.366 e.